The Labute approximate surface area is 98.3 Å². The van der Waals surface area contributed by atoms with Crippen LogP contribution in [0.15, 0.2) is 0 Å². The van der Waals surface area contributed by atoms with Gasteiger partial charge in [0.15, 0.2) is 0 Å². The van der Waals surface area contributed by atoms with Gasteiger partial charge >= 0.3 is 6.03 Å². The molecule has 1 heterocycles. The number of unbranched alkanes of at least 4 members (excludes halogenated alkanes) is 1. The number of hydrogen-bond donors (Lipinski definition) is 2. The largest absolute Gasteiger partial charge is 0.324 e. The first-order valence-electron chi connectivity index (χ1n) is 5.80. The van der Waals surface area contributed by atoms with Crippen LogP contribution in [0.25, 0.3) is 0 Å². The van der Waals surface area contributed by atoms with E-state index in [9.17, 15) is 9.59 Å². The quantitative estimate of drug-likeness (QED) is 0.553. The topological polar surface area (TPSA) is 58.2 Å². The van der Waals surface area contributed by atoms with Crippen LogP contribution in [0.1, 0.15) is 33.1 Å². The second-order valence-electron chi connectivity index (χ2n) is 4.65. The van der Waals surface area contributed by atoms with E-state index in [2.05, 4.69) is 24.2 Å². The molecule has 0 aromatic heterocycles. The fourth-order valence-electron chi connectivity index (χ4n) is 1.71. The van der Waals surface area contributed by atoms with Crippen LogP contribution < -0.4 is 10.6 Å². The number of amides is 3. The molecule has 2 atom stereocenters. The van der Waals surface area contributed by atoms with Crippen molar-refractivity contribution in [1.82, 2.24) is 10.6 Å². The van der Waals surface area contributed by atoms with Crippen molar-refractivity contribution < 1.29 is 9.59 Å². The molecule has 1 aliphatic heterocycles. The molecule has 5 heteroatoms. The molecule has 0 bridgehead atoms. The molecule has 0 aliphatic carbocycles. The highest BCUT2D eigenvalue weighted by Crippen LogP contribution is 2.34. The summed E-state index contributed by atoms with van der Waals surface area (Å²) in [5.41, 5.74) is -0.681. The summed E-state index contributed by atoms with van der Waals surface area (Å²) in [6.45, 7) is 6.26. The second-order valence-corrected chi connectivity index (χ2v) is 7.25. The molecule has 16 heavy (non-hydrogen) atoms. The van der Waals surface area contributed by atoms with Gasteiger partial charge in [-0.25, -0.2) is 4.79 Å². The molecule has 2 unspecified atom stereocenters. The average molecular weight is 244 g/mol. The van der Waals surface area contributed by atoms with Crippen molar-refractivity contribution >= 4 is 19.9 Å². The van der Waals surface area contributed by atoms with Crippen LogP contribution in [0.3, 0.4) is 0 Å². The van der Waals surface area contributed by atoms with E-state index >= 15 is 0 Å². The standard InChI is InChI=1S/C11H21N2O2P/c1-4-5-7-16(3)8-6-11(2)9(14)12-10(15)13-11/h4-8H2,1-3H3,(H2,12,13,14,15). The van der Waals surface area contributed by atoms with Crippen molar-refractivity contribution in [2.45, 2.75) is 38.6 Å². The highest BCUT2D eigenvalue weighted by molar-refractivity contribution is 7.56. The summed E-state index contributed by atoms with van der Waals surface area (Å²) in [5.74, 6) is -0.184. The molecule has 2 N–H and O–H groups in total. The lowest BCUT2D eigenvalue weighted by atomic mass is 10.00. The van der Waals surface area contributed by atoms with Gasteiger partial charge in [0.05, 0.1) is 0 Å². The zero-order valence-electron chi connectivity index (χ0n) is 10.3. The Hall–Kier alpha value is -0.630. The Morgan fingerprint density at radius 3 is 2.50 bits per heavy atom. The first-order valence-corrected chi connectivity index (χ1v) is 7.96. The van der Waals surface area contributed by atoms with Crippen LogP contribution >= 0.6 is 7.92 Å². The van der Waals surface area contributed by atoms with Crippen LogP contribution in [0.5, 0.6) is 0 Å². The summed E-state index contributed by atoms with van der Waals surface area (Å²) in [6.07, 6.45) is 5.53. The first kappa shape index (κ1) is 13.4. The lowest BCUT2D eigenvalue weighted by Crippen LogP contribution is -2.44. The van der Waals surface area contributed by atoms with Crippen LogP contribution in [0.2, 0.25) is 0 Å². The molecule has 0 saturated carbocycles. The van der Waals surface area contributed by atoms with E-state index in [1.807, 2.05) is 0 Å². The number of carbonyl (C=O) groups excluding carboxylic acids is 2. The van der Waals surface area contributed by atoms with Gasteiger partial charge in [-0.2, -0.15) is 0 Å². The number of hydrogen-bond acceptors (Lipinski definition) is 2. The number of carbonyl (C=O) groups is 2. The first-order chi connectivity index (χ1) is 7.48. The van der Waals surface area contributed by atoms with Crippen LogP contribution in [0, 0.1) is 0 Å². The molecule has 1 fully saturated rings. The summed E-state index contributed by atoms with van der Waals surface area (Å²) >= 11 is 0. The van der Waals surface area contributed by atoms with Crippen LogP contribution in [0.4, 0.5) is 4.79 Å². The third-order valence-corrected chi connectivity index (χ3v) is 5.07. The number of imide groups is 1. The van der Waals surface area contributed by atoms with Gasteiger partial charge in [-0.1, -0.05) is 13.3 Å². The molecule has 0 spiro atoms. The van der Waals surface area contributed by atoms with E-state index < -0.39 is 5.54 Å². The smallest absolute Gasteiger partial charge is 0.322 e. The summed E-state index contributed by atoms with van der Waals surface area (Å²) in [7, 11) is 0.000933. The van der Waals surface area contributed by atoms with E-state index in [-0.39, 0.29) is 19.9 Å². The Bertz CT molecular complexity index is 283. The van der Waals surface area contributed by atoms with Crippen LogP contribution in [-0.2, 0) is 4.79 Å². The zero-order chi connectivity index (χ0) is 12.2. The minimum atomic E-state index is -0.681. The Kier molecular flexibility index (Phi) is 4.72. The van der Waals surface area contributed by atoms with Gasteiger partial charge in [0, 0.05) is 0 Å². The van der Waals surface area contributed by atoms with Gasteiger partial charge < -0.3 is 5.32 Å². The highest BCUT2D eigenvalue weighted by atomic mass is 31.1. The molecule has 0 aromatic rings. The van der Waals surface area contributed by atoms with Crippen molar-refractivity contribution in [3.05, 3.63) is 0 Å². The maximum atomic E-state index is 11.5. The number of urea groups is 1. The third-order valence-electron chi connectivity index (χ3n) is 3.00. The summed E-state index contributed by atoms with van der Waals surface area (Å²) in [6, 6.07) is -0.360. The van der Waals surface area contributed by atoms with E-state index in [1.54, 1.807) is 6.92 Å². The van der Waals surface area contributed by atoms with Crippen molar-refractivity contribution in [2.24, 2.45) is 0 Å². The summed E-state index contributed by atoms with van der Waals surface area (Å²) in [5, 5.41) is 4.99. The van der Waals surface area contributed by atoms with Crippen LogP contribution in [-0.4, -0.2) is 36.5 Å². The lowest BCUT2D eigenvalue weighted by Gasteiger charge is -2.22. The maximum absolute atomic E-state index is 11.5. The molecule has 4 nitrogen and oxygen atoms in total. The van der Waals surface area contributed by atoms with Crippen molar-refractivity contribution in [3.8, 4) is 0 Å². The van der Waals surface area contributed by atoms with E-state index in [0.29, 0.717) is 0 Å². The minimum Gasteiger partial charge on any atom is -0.324 e. The molecular weight excluding hydrogens is 223 g/mol. The van der Waals surface area contributed by atoms with E-state index in [4.69, 9.17) is 0 Å². The maximum Gasteiger partial charge on any atom is 0.322 e. The minimum absolute atomic E-state index is 0.000933. The molecule has 1 aliphatic rings. The van der Waals surface area contributed by atoms with Gasteiger partial charge in [-0.05, 0) is 38.8 Å². The number of rotatable bonds is 6. The van der Waals surface area contributed by atoms with E-state index in [1.165, 1.54) is 19.0 Å². The third kappa shape index (κ3) is 3.44. The van der Waals surface area contributed by atoms with Crippen molar-refractivity contribution in [3.63, 3.8) is 0 Å². The summed E-state index contributed by atoms with van der Waals surface area (Å²) in [4.78, 5) is 22.6. The number of nitrogens with one attached hydrogen (secondary N) is 2. The van der Waals surface area contributed by atoms with Crippen molar-refractivity contribution in [2.75, 3.05) is 19.0 Å². The predicted octanol–water partition coefficient (Wildman–Crippen LogP) is 1.89. The molecule has 3 amide bonds. The van der Waals surface area contributed by atoms with Gasteiger partial charge in [-0.3, -0.25) is 10.1 Å². The van der Waals surface area contributed by atoms with Gasteiger partial charge in [0.25, 0.3) is 5.91 Å². The average Bonchev–Trinajstić information content (AvgIpc) is 2.47. The van der Waals surface area contributed by atoms with Gasteiger partial charge in [0.2, 0.25) is 0 Å². The molecule has 92 valence electrons. The van der Waals surface area contributed by atoms with Crippen molar-refractivity contribution in [1.29, 1.82) is 0 Å². The Balaban J connectivity index is 2.36. The fraction of sp³-hybridized carbons (Fsp3) is 0.818. The lowest BCUT2D eigenvalue weighted by molar-refractivity contribution is -0.123. The zero-order valence-corrected chi connectivity index (χ0v) is 11.2. The summed E-state index contributed by atoms with van der Waals surface area (Å²) < 4.78 is 0. The van der Waals surface area contributed by atoms with E-state index in [0.717, 1.165) is 12.6 Å². The molecule has 0 radical (unpaired) electrons. The fourth-order valence-corrected chi connectivity index (χ4v) is 3.62. The van der Waals surface area contributed by atoms with Gasteiger partial charge in [0.1, 0.15) is 5.54 Å². The Morgan fingerprint density at radius 1 is 1.31 bits per heavy atom. The predicted molar refractivity (Wildman–Crippen MR) is 67.2 cm³/mol. The Morgan fingerprint density at radius 2 is 2.00 bits per heavy atom. The highest BCUT2D eigenvalue weighted by Gasteiger charge is 2.41. The molecular formula is C11H21N2O2P. The SMILES string of the molecule is CCCCP(C)CCC1(C)NC(=O)NC1=O. The molecule has 1 saturated heterocycles. The second kappa shape index (κ2) is 5.62. The molecule has 1 rings (SSSR count). The molecule has 0 aromatic carbocycles. The van der Waals surface area contributed by atoms with Gasteiger partial charge in [-0.15, -0.1) is 7.92 Å². The monoisotopic (exact) mass is 244 g/mol. The normalized spacial score (nSPS) is 26.4.